The summed E-state index contributed by atoms with van der Waals surface area (Å²) in [4.78, 5) is 29.3. The largest absolute Gasteiger partial charge is 0.461 e. The Morgan fingerprint density at radius 2 is 2.04 bits per heavy atom. The molecule has 2 aliphatic rings. The molecule has 1 amide bonds. The highest BCUT2D eigenvalue weighted by molar-refractivity contribution is 5.90. The summed E-state index contributed by atoms with van der Waals surface area (Å²) < 4.78 is 7.03. The summed E-state index contributed by atoms with van der Waals surface area (Å²) >= 11 is 0. The fraction of sp³-hybridized carbons (Fsp3) is 0.722. The van der Waals surface area contributed by atoms with Crippen LogP contribution in [0.1, 0.15) is 54.9 Å². The van der Waals surface area contributed by atoms with E-state index in [1.807, 2.05) is 23.6 Å². The number of esters is 1. The lowest BCUT2D eigenvalue weighted by atomic mass is 9.99. The number of carbonyl (C=O) groups is 2. The molecule has 1 atom stereocenters. The highest BCUT2D eigenvalue weighted by Gasteiger charge is 2.34. The van der Waals surface area contributed by atoms with Gasteiger partial charge in [-0.15, -0.1) is 0 Å². The minimum atomic E-state index is -0.393. The van der Waals surface area contributed by atoms with Crippen LogP contribution < -0.4 is 0 Å². The fourth-order valence-electron chi connectivity index (χ4n) is 3.90. The Morgan fingerprint density at radius 1 is 1.24 bits per heavy atom. The number of likely N-dealkylation sites (N-methyl/N-ethyl adjacent to an activating group) is 1. The van der Waals surface area contributed by atoms with E-state index in [1.54, 1.807) is 6.92 Å². The Morgan fingerprint density at radius 3 is 2.72 bits per heavy atom. The molecule has 0 saturated carbocycles. The zero-order valence-electron chi connectivity index (χ0n) is 15.5. The van der Waals surface area contributed by atoms with E-state index in [-0.39, 0.29) is 11.9 Å². The van der Waals surface area contributed by atoms with Crippen LogP contribution in [0.25, 0.3) is 0 Å². The summed E-state index contributed by atoms with van der Waals surface area (Å²) in [5.41, 5.74) is 2.29. The number of rotatable bonds is 4. The molecule has 0 aliphatic carbocycles. The summed E-state index contributed by atoms with van der Waals surface area (Å²) in [6, 6.07) is -0.0393. The third-order valence-corrected chi connectivity index (χ3v) is 5.27. The molecule has 1 unspecified atom stereocenters. The van der Waals surface area contributed by atoms with Crippen molar-refractivity contribution in [1.29, 1.82) is 0 Å². The number of hydrogen-bond acceptors (Lipinski definition) is 5. The van der Waals surface area contributed by atoms with E-state index in [0.29, 0.717) is 31.9 Å². The number of amides is 1. The SMILES string of the molecule is CCOC(=O)c1nn(CC)c2c1CN(C(=O)C1CCCCN1C)CC2. The lowest BCUT2D eigenvalue weighted by molar-refractivity contribution is -0.138. The number of likely N-dealkylation sites (tertiary alicyclic amines) is 1. The van der Waals surface area contributed by atoms with Gasteiger partial charge in [-0.1, -0.05) is 6.42 Å². The predicted molar refractivity (Wildman–Crippen MR) is 93.2 cm³/mol. The van der Waals surface area contributed by atoms with E-state index in [1.165, 1.54) is 0 Å². The quantitative estimate of drug-likeness (QED) is 0.771. The summed E-state index contributed by atoms with van der Waals surface area (Å²) in [5.74, 6) is -0.220. The summed E-state index contributed by atoms with van der Waals surface area (Å²) in [6.07, 6.45) is 3.90. The van der Waals surface area contributed by atoms with Gasteiger partial charge in [0.2, 0.25) is 5.91 Å². The molecular formula is C18H28N4O3. The number of nitrogens with zero attached hydrogens (tertiary/aromatic N) is 4. The molecule has 0 bridgehead atoms. The lowest BCUT2D eigenvalue weighted by Gasteiger charge is -2.37. The van der Waals surface area contributed by atoms with E-state index in [0.717, 1.165) is 43.5 Å². The van der Waals surface area contributed by atoms with Crippen molar-refractivity contribution in [3.8, 4) is 0 Å². The number of piperidine rings is 1. The molecule has 1 fully saturated rings. The molecule has 25 heavy (non-hydrogen) atoms. The van der Waals surface area contributed by atoms with E-state index in [4.69, 9.17) is 4.74 Å². The zero-order chi connectivity index (χ0) is 18.0. The van der Waals surface area contributed by atoms with Crippen LogP contribution in [-0.4, -0.2) is 64.2 Å². The molecule has 7 heteroatoms. The molecule has 7 nitrogen and oxygen atoms in total. The third-order valence-electron chi connectivity index (χ3n) is 5.27. The maximum atomic E-state index is 13.0. The maximum Gasteiger partial charge on any atom is 0.359 e. The van der Waals surface area contributed by atoms with Crippen LogP contribution in [-0.2, 0) is 29.0 Å². The molecule has 1 aromatic rings. The predicted octanol–water partition coefficient (Wildman–Crippen LogP) is 1.45. The molecule has 0 radical (unpaired) electrons. The van der Waals surface area contributed by atoms with Crippen LogP contribution in [0.2, 0.25) is 0 Å². The number of hydrogen-bond donors (Lipinski definition) is 0. The summed E-state index contributed by atoms with van der Waals surface area (Å²) in [6.45, 7) is 6.93. The molecule has 0 N–H and O–H groups in total. The van der Waals surface area contributed by atoms with Crippen LogP contribution in [0.3, 0.4) is 0 Å². The molecule has 1 saturated heterocycles. The Hall–Kier alpha value is -1.89. The van der Waals surface area contributed by atoms with Crippen molar-refractivity contribution in [1.82, 2.24) is 19.6 Å². The Kier molecular flexibility index (Phi) is 5.42. The number of aromatic nitrogens is 2. The molecule has 3 heterocycles. The normalized spacial score (nSPS) is 21.1. The third kappa shape index (κ3) is 3.42. The Balaban J connectivity index is 1.83. The van der Waals surface area contributed by atoms with Crippen LogP contribution in [0, 0.1) is 0 Å². The average Bonchev–Trinajstić information content (AvgIpc) is 3.00. The monoisotopic (exact) mass is 348 g/mol. The maximum absolute atomic E-state index is 13.0. The number of ether oxygens (including phenoxy) is 1. The van der Waals surface area contributed by atoms with Gasteiger partial charge in [-0.3, -0.25) is 14.4 Å². The first-order valence-corrected chi connectivity index (χ1v) is 9.31. The number of carbonyl (C=O) groups excluding carboxylic acids is 2. The van der Waals surface area contributed by atoms with Crippen LogP contribution in [0.15, 0.2) is 0 Å². The molecule has 0 aromatic carbocycles. The standard InChI is InChI=1S/C18H28N4O3/c1-4-22-14-9-11-21(17(23)15-8-6-7-10-20(15)3)12-13(14)16(19-22)18(24)25-5-2/h15H,4-12H2,1-3H3. The van der Waals surface area contributed by atoms with Crippen LogP contribution in [0.4, 0.5) is 0 Å². The first-order chi connectivity index (χ1) is 12.1. The molecule has 0 spiro atoms. The first-order valence-electron chi connectivity index (χ1n) is 9.31. The minimum absolute atomic E-state index is 0.0393. The van der Waals surface area contributed by atoms with Gasteiger partial charge < -0.3 is 9.64 Å². The van der Waals surface area contributed by atoms with Gasteiger partial charge in [0.15, 0.2) is 5.69 Å². The van der Waals surface area contributed by atoms with Gasteiger partial charge in [0.05, 0.1) is 12.6 Å². The van der Waals surface area contributed by atoms with Crippen molar-refractivity contribution >= 4 is 11.9 Å². The topological polar surface area (TPSA) is 67.7 Å². The number of aryl methyl sites for hydroxylation is 1. The van der Waals surface area contributed by atoms with Gasteiger partial charge in [0.1, 0.15) is 0 Å². The average molecular weight is 348 g/mol. The van der Waals surface area contributed by atoms with E-state index in [9.17, 15) is 9.59 Å². The molecular weight excluding hydrogens is 320 g/mol. The van der Waals surface area contributed by atoms with Crippen molar-refractivity contribution in [3.05, 3.63) is 17.0 Å². The van der Waals surface area contributed by atoms with Crippen LogP contribution >= 0.6 is 0 Å². The van der Waals surface area contributed by atoms with Crippen molar-refractivity contribution in [2.45, 2.75) is 58.7 Å². The molecule has 3 rings (SSSR count). The lowest BCUT2D eigenvalue weighted by Crippen LogP contribution is -2.50. The summed E-state index contributed by atoms with van der Waals surface area (Å²) in [5, 5.41) is 4.44. The number of fused-ring (bicyclic) bond motifs is 1. The smallest absolute Gasteiger partial charge is 0.359 e. The Labute approximate surface area is 148 Å². The van der Waals surface area contributed by atoms with E-state index >= 15 is 0 Å². The zero-order valence-corrected chi connectivity index (χ0v) is 15.5. The molecule has 2 aliphatic heterocycles. The second-order valence-corrected chi connectivity index (χ2v) is 6.81. The highest BCUT2D eigenvalue weighted by atomic mass is 16.5. The first kappa shape index (κ1) is 17.9. The van der Waals surface area contributed by atoms with Crippen molar-refractivity contribution in [2.75, 3.05) is 26.7 Å². The van der Waals surface area contributed by atoms with Gasteiger partial charge >= 0.3 is 5.97 Å². The van der Waals surface area contributed by atoms with Gasteiger partial charge in [0.25, 0.3) is 0 Å². The summed E-state index contributed by atoms with van der Waals surface area (Å²) in [7, 11) is 2.02. The van der Waals surface area contributed by atoms with Crippen molar-refractivity contribution < 1.29 is 14.3 Å². The van der Waals surface area contributed by atoms with E-state index < -0.39 is 5.97 Å². The van der Waals surface area contributed by atoms with Crippen molar-refractivity contribution in [2.24, 2.45) is 0 Å². The van der Waals surface area contributed by atoms with Gasteiger partial charge in [-0.2, -0.15) is 5.10 Å². The van der Waals surface area contributed by atoms with Gasteiger partial charge in [-0.05, 0) is 40.3 Å². The van der Waals surface area contributed by atoms with Gasteiger partial charge in [-0.25, -0.2) is 4.79 Å². The second-order valence-electron chi connectivity index (χ2n) is 6.81. The minimum Gasteiger partial charge on any atom is -0.461 e. The molecule has 1 aromatic heterocycles. The highest BCUT2D eigenvalue weighted by Crippen LogP contribution is 2.26. The fourth-order valence-corrected chi connectivity index (χ4v) is 3.90. The van der Waals surface area contributed by atoms with Crippen molar-refractivity contribution in [3.63, 3.8) is 0 Å². The van der Waals surface area contributed by atoms with Gasteiger partial charge in [0, 0.05) is 37.3 Å². The molecule has 138 valence electrons. The van der Waals surface area contributed by atoms with Crippen LogP contribution in [0.5, 0.6) is 0 Å². The van der Waals surface area contributed by atoms with E-state index in [2.05, 4.69) is 10.00 Å². The second kappa shape index (κ2) is 7.56. The Bertz CT molecular complexity index is 655.